The number of rotatable bonds is 7. The molecule has 0 aliphatic heterocycles. The van der Waals surface area contributed by atoms with E-state index in [2.05, 4.69) is 17.4 Å². The Kier molecular flexibility index (Phi) is 6.51. The Morgan fingerprint density at radius 2 is 1.71 bits per heavy atom. The monoisotopic (exact) mass is 327 g/mol. The van der Waals surface area contributed by atoms with Crippen molar-refractivity contribution >= 4 is 17.6 Å². The second-order valence-electron chi connectivity index (χ2n) is 5.53. The summed E-state index contributed by atoms with van der Waals surface area (Å²) in [6.45, 7) is 4.00. The molecular formula is C19H23N2O3+. The molecule has 2 aromatic rings. The van der Waals surface area contributed by atoms with Gasteiger partial charge >= 0.3 is 5.97 Å². The summed E-state index contributed by atoms with van der Waals surface area (Å²) in [5, 5.41) is 2.82. The van der Waals surface area contributed by atoms with Crippen LogP contribution in [-0.4, -0.2) is 32.1 Å². The molecule has 1 atom stereocenters. The van der Waals surface area contributed by atoms with Crippen molar-refractivity contribution in [2.75, 3.05) is 25.5 Å². The van der Waals surface area contributed by atoms with Crippen LogP contribution in [0, 0.1) is 0 Å². The Hall–Kier alpha value is -2.66. The predicted octanol–water partition coefficient (Wildman–Crippen LogP) is 1.52. The highest BCUT2D eigenvalue weighted by Gasteiger charge is 2.17. The third kappa shape index (κ3) is 4.93. The largest absolute Gasteiger partial charge is 0.465 e. The van der Waals surface area contributed by atoms with E-state index in [1.54, 1.807) is 24.3 Å². The molecule has 0 spiro atoms. The molecule has 2 rings (SSSR count). The van der Waals surface area contributed by atoms with Crippen LogP contribution in [0.15, 0.2) is 54.6 Å². The highest BCUT2D eigenvalue weighted by Crippen LogP contribution is 2.15. The van der Waals surface area contributed by atoms with E-state index in [4.69, 9.17) is 4.74 Å². The van der Waals surface area contributed by atoms with Crippen LogP contribution in [0.1, 0.15) is 22.8 Å². The van der Waals surface area contributed by atoms with Crippen molar-refractivity contribution in [2.24, 2.45) is 0 Å². The Bertz CT molecular complexity index is 686. The predicted molar refractivity (Wildman–Crippen MR) is 92.9 cm³/mol. The van der Waals surface area contributed by atoms with E-state index >= 15 is 0 Å². The molecule has 0 aromatic heterocycles. The summed E-state index contributed by atoms with van der Waals surface area (Å²) in [5.41, 5.74) is 2.02. The average molecular weight is 327 g/mol. The molecule has 1 amide bonds. The number of quaternary nitrogens is 1. The zero-order valence-corrected chi connectivity index (χ0v) is 14.0. The number of esters is 1. The molecular weight excluding hydrogens is 304 g/mol. The third-order valence-corrected chi connectivity index (χ3v) is 3.81. The maximum absolute atomic E-state index is 12.4. The molecule has 0 aliphatic carbocycles. The van der Waals surface area contributed by atoms with Gasteiger partial charge in [0.2, 0.25) is 0 Å². The van der Waals surface area contributed by atoms with Crippen LogP contribution in [0.25, 0.3) is 0 Å². The number of nitrogens with one attached hydrogen (secondary N) is 2. The fraction of sp³-hybridized carbons (Fsp3) is 0.263. The van der Waals surface area contributed by atoms with Gasteiger partial charge in [-0.25, -0.2) is 4.79 Å². The van der Waals surface area contributed by atoms with E-state index < -0.39 is 5.97 Å². The molecule has 2 aromatic carbocycles. The average Bonchev–Trinajstić information content (AvgIpc) is 2.61. The number of anilines is 1. The summed E-state index contributed by atoms with van der Waals surface area (Å²) in [6, 6.07) is 16.9. The number of benzene rings is 2. The number of hydrogen-bond donors (Lipinski definition) is 2. The molecule has 0 saturated carbocycles. The number of amides is 1. The minimum atomic E-state index is -0.463. The number of carbonyl (C=O) groups is 2. The van der Waals surface area contributed by atoms with Crippen molar-refractivity contribution in [3.8, 4) is 0 Å². The van der Waals surface area contributed by atoms with Gasteiger partial charge in [0.25, 0.3) is 5.91 Å². The zero-order chi connectivity index (χ0) is 17.4. The Balaban J connectivity index is 2.01. The first kappa shape index (κ1) is 17.7. The van der Waals surface area contributed by atoms with Crippen LogP contribution in [0.5, 0.6) is 0 Å². The van der Waals surface area contributed by atoms with Crippen molar-refractivity contribution in [1.82, 2.24) is 0 Å². The zero-order valence-electron chi connectivity index (χ0n) is 14.0. The molecule has 0 bridgehead atoms. The lowest BCUT2D eigenvalue weighted by atomic mass is 10.1. The number of methoxy groups -OCH3 is 1. The van der Waals surface area contributed by atoms with E-state index in [1.807, 2.05) is 25.1 Å². The minimum absolute atomic E-state index is 0.126. The standard InChI is InChI=1S/C19H22N2O3/c1-3-21(13-15-9-5-4-6-10-15)14-18(22)20-17-12-8-7-11-16(17)19(23)24-2/h4-12H,3,13-14H2,1-2H3,(H,20,22)/p+1. The van der Waals surface area contributed by atoms with Crippen molar-refractivity contribution in [2.45, 2.75) is 13.5 Å². The molecule has 126 valence electrons. The summed E-state index contributed by atoms with van der Waals surface area (Å²) < 4.78 is 4.74. The lowest BCUT2D eigenvalue weighted by Crippen LogP contribution is -3.11. The van der Waals surface area contributed by atoms with Crippen LogP contribution in [0.3, 0.4) is 0 Å². The number of likely N-dealkylation sites (N-methyl/N-ethyl adjacent to an activating group) is 1. The smallest absolute Gasteiger partial charge is 0.339 e. The Labute approximate surface area is 142 Å². The summed E-state index contributed by atoms with van der Waals surface area (Å²) in [5.74, 6) is -0.589. The van der Waals surface area contributed by atoms with Crippen LogP contribution in [0.4, 0.5) is 5.69 Å². The van der Waals surface area contributed by atoms with E-state index in [9.17, 15) is 9.59 Å². The van der Waals surface area contributed by atoms with E-state index in [0.717, 1.165) is 18.0 Å². The van der Waals surface area contributed by atoms with Gasteiger partial charge < -0.3 is 15.0 Å². The molecule has 2 N–H and O–H groups in total. The molecule has 5 heteroatoms. The second-order valence-corrected chi connectivity index (χ2v) is 5.53. The molecule has 0 aliphatic rings. The van der Waals surface area contributed by atoms with Crippen LogP contribution in [0.2, 0.25) is 0 Å². The number of carbonyl (C=O) groups excluding carboxylic acids is 2. The second kappa shape index (κ2) is 8.84. The molecule has 24 heavy (non-hydrogen) atoms. The number of para-hydroxylation sites is 1. The molecule has 5 nitrogen and oxygen atoms in total. The first-order chi connectivity index (χ1) is 11.6. The van der Waals surface area contributed by atoms with Crippen molar-refractivity contribution < 1.29 is 19.2 Å². The lowest BCUT2D eigenvalue weighted by Gasteiger charge is -2.18. The third-order valence-electron chi connectivity index (χ3n) is 3.81. The van der Waals surface area contributed by atoms with Gasteiger partial charge in [-0.1, -0.05) is 42.5 Å². The molecule has 1 unspecified atom stereocenters. The van der Waals surface area contributed by atoms with Crippen LogP contribution >= 0.6 is 0 Å². The number of hydrogen-bond acceptors (Lipinski definition) is 3. The summed E-state index contributed by atoms with van der Waals surface area (Å²) >= 11 is 0. The van der Waals surface area contributed by atoms with E-state index in [-0.39, 0.29) is 5.91 Å². The van der Waals surface area contributed by atoms with Crippen molar-refractivity contribution in [3.05, 3.63) is 65.7 Å². The van der Waals surface area contributed by atoms with Crippen LogP contribution < -0.4 is 10.2 Å². The van der Waals surface area contributed by atoms with Gasteiger partial charge in [0.05, 0.1) is 24.9 Å². The van der Waals surface area contributed by atoms with Gasteiger partial charge in [-0.2, -0.15) is 0 Å². The summed E-state index contributed by atoms with van der Waals surface area (Å²) in [7, 11) is 1.32. The first-order valence-corrected chi connectivity index (χ1v) is 7.98. The number of ether oxygens (including phenoxy) is 1. The highest BCUT2D eigenvalue weighted by molar-refractivity contribution is 6.01. The van der Waals surface area contributed by atoms with Gasteiger partial charge in [-0.15, -0.1) is 0 Å². The minimum Gasteiger partial charge on any atom is -0.465 e. The summed E-state index contributed by atoms with van der Waals surface area (Å²) in [4.78, 5) is 25.3. The molecule has 0 saturated heterocycles. The molecule has 0 fully saturated rings. The van der Waals surface area contributed by atoms with Crippen molar-refractivity contribution in [3.63, 3.8) is 0 Å². The molecule has 0 heterocycles. The SMILES string of the molecule is CC[NH+](CC(=O)Nc1ccccc1C(=O)OC)Cc1ccccc1. The topological polar surface area (TPSA) is 59.8 Å². The fourth-order valence-corrected chi connectivity index (χ4v) is 2.50. The Morgan fingerprint density at radius 1 is 1.04 bits per heavy atom. The quantitative estimate of drug-likeness (QED) is 0.758. The molecule has 0 radical (unpaired) electrons. The maximum Gasteiger partial charge on any atom is 0.339 e. The van der Waals surface area contributed by atoms with Gasteiger partial charge in [0.15, 0.2) is 6.54 Å². The van der Waals surface area contributed by atoms with Gasteiger partial charge in [-0.3, -0.25) is 4.79 Å². The van der Waals surface area contributed by atoms with Crippen molar-refractivity contribution in [1.29, 1.82) is 0 Å². The Morgan fingerprint density at radius 3 is 2.38 bits per heavy atom. The van der Waals surface area contributed by atoms with Gasteiger partial charge in [0, 0.05) is 5.56 Å². The van der Waals surface area contributed by atoms with E-state index in [0.29, 0.717) is 17.8 Å². The first-order valence-electron chi connectivity index (χ1n) is 7.98. The van der Waals surface area contributed by atoms with Crippen LogP contribution in [-0.2, 0) is 16.1 Å². The maximum atomic E-state index is 12.4. The fourth-order valence-electron chi connectivity index (χ4n) is 2.50. The lowest BCUT2D eigenvalue weighted by molar-refractivity contribution is -0.903. The van der Waals surface area contributed by atoms with Gasteiger partial charge in [-0.05, 0) is 19.1 Å². The van der Waals surface area contributed by atoms with E-state index in [1.165, 1.54) is 12.7 Å². The van der Waals surface area contributed by atoms with Gasteiger partial charge in [0.1, 0.15) is 6.54 Å². The normalized spacial score (nSPS) is 11.6. The summed E-state index contributed by atoms with van der Waals surface area (Å²) in [6.07, 6.45) is 0. The highest BCUT2D eigenvalue weighted by atomic mass is 16.5.